The minimum Gasteiger partial charge on any atom is -0.310 e. The van der Waals surface area contributed by atoms with Crippen LogP contribution in [0.25, 0.3) is 0 Å². The third-order valence-electron chi connectivity index (χ3n) is 3.63. The van der Waals surface area contributed by atoms with Gasteiger partial charge in [0.25, 0.3) is 0 Å². The summed E-state index contributed by atoms with van der Waals surface area (Å²) in [7, 11) is 1.77. The van der Waals surface area contributed by atoms with Crippen LogP contribution in [0.15, 0.2) is 0 Å². The van der Waals surface area contributed by atoms with E-state index in [1.165, 1.54) is 16.1 Å². The lowest BCUT2D eigenvalue weighted by atomic mass is 10.0. The van der Waals surface area contributed by atoms with Crippen LogP contribution >= 0.6 is 0 Å². The largest absolute Gasteiger partial charge is 0.310 e. The molecule has 0 saturated carbocycles. The molecule has 1 N–H and O–H groups in total. The number of aromatic nitrogens is 6. The SMILES string of the molecule is CCNC(C)c1c(CC)nn(Cc2nnn(C)n2)c1CC. The van der Waals surface area contributed by atoms with E-state index in [4.69, 9.17) is 5.10 Å². The van der Waals surface area contributed by atoms with Gasteiger partial charge in [0.15, 0.2) is 5.82 Å². The fraction of sp³-hybridized carbons (Fsp3) is 0.714. The van der Waals surface area contributed by atoms with Crippen molar-refractivity contribution >= 4 is 0 Å². The van der Waals surface area contributed by atoms with E-state index in [2.05, 4.69) is 48.4 Å². The molecule has 0 bridgehead atoms. The molecular formula is C14H25N7. The topological polar surface area (TPSA) is 73.5 Å². The Labute approximate surface area is 125 Å². The molecule has 2 rings (SSSR count). The molecule has 1 unspecified atom stereocenters. The Morgan fingerprint density at radius 1 is 1.14 bits per heavy atom. The molecule has 0 aliphatic rings. The predicted octanol–water partition coefficient (Wildman–Crippen LogP) is 1.25. The fourth-order valence-electron chi connectivity index (χ4n) is 2.76. The molecule has 2 aromatic heterocycles. The molecule has 2 aromatic rings. The summed E-state index contributed by atoms with van der Waals surface area (Å²) in [6.07, 6.45) is 1.87. The third-order valence-corrected chi connectivity index (χ3v) is 3.63. The van der Waals surface area contributed by atoms with E-state index >= 15 is 0 Å². The number of nitrogens with zero attached hydrogens (tertiary/aromatic N) is 6. The van der Waals surface area contributed by atoms with Crippen molar-refractivity contribution in [1.82, 2.24) is 35.3 Å². The zero-order chi connectivity index (χ0) is 15.4. The van der Waals surface area contributed by atoms with Gasteiger partial charge < -0.3 is 5.32 Å². The number of aryl methyl sites for hydroxylation is 2. The summed E-state index contributed by atoms with van der Waals surface area (Å²) in [4.78, 5) is 1.48. The summed E-state index contributed by atoms with van der Waals surface area (Å²) in [6, 6.07) is 0.309. The van der Waals surface area contributed by atoms with E-state index < -0.39 is 0 Å². The Morgan fingerprint density at radius 2 is 1.90 bits per heavy atom. The maximum atomic E-state index is 4.77. The molecule has 1 atom stereocenters. The molecule has 7 heteroatoms. The summed E-state index contributed by atoms with van der Waals surface area (Å²) in [5.41, 5.74) is 3.74. The standard InChI is InChI=1S/C14H25N7/c1-6-11-14(10(4)15-8-3)12(7-2)21(17-11)9-13-16-19-20(5)18-13/h10,15H,6-9H2,1-5H3. The molecule has 2 heterocycles. The number of hydrogen-bond donors (Lipinski definition) is 1. The van der Waals surface area contributed by atoms with Crippen molar-refractivity contribution < 1.29 is 0 Å². The second kappa shape index (κ2) is 6.80. The van der Waals surface area contributed by atoms with Gasteiger partial charge in [0.05, 0.1) is 12.7 Å². The van der Waals surface area contributed by atoms with Crippen molar-refractivity contribution in [1.29, 1.82) is 0 Å². The molecule has 116 valence electrons. The zero-order valence-electron chi connectivity index (χ0n) is 13.6. The molecule has 7 nitrogen and oxygen atoms in total. The first-order valence-electron chi connectivity index (χ1n) is 7.65. The van der Waals surface area contributed by atoms with E-state index in [0.717, 1.165) is 25.1 Å². The van der Waals surface area contributed by atoms with Crippen LogP contribution in [0, 0.1) is 0 Å². The molecule has 0 fully saturated rings. The molecule has 0 aliphatic heterocycles. The highest BCUT2D eigenvalue weighted by atomic mass is 15.6. The van der Waals surface area contributed by atoms with E-state index in [1.807, 2.05) is 4.68 Å². The van der Waals surface area contributed by atoms with Gasteiger partial charge in [-0.05, 0) is 31.5 Å². The lowest BCUT2D eigenvalue weighted by Gasteiger charge is -2.15. The van der Waals surface area contributed by atoms with Gasteiger partial charge >= 0.3 is 0 Å². The molecule has 21 heavy (non-hydrogen) atoms. The first-order chi connectivity index (χ1) is 10.1. The highest BCUT2D eigenvalue weighted by Crippen LogP contribution is 2.24. The van der Waals surface area contributed by atoms with Crippen molar-refractivity contribution in [2.75, 3.05) is 6.54 Å². The smallest absolute Gasteiger partial charge is 0.196 e. The van der Waals surface area contributed by atoms with E-state index in [1.54, 1.807) is 7.05 Å². The monoisotopic (exact) mass is 291 g/mol. The Balaban J connectivity index is 2.37. The van der Waals surface area contributed by atoms with Gasteiger partial charge in [-0.1, -0.05) is 20.8 Å². The number of nitrogens with one attached hydrogen (secondary N) is 1. The Morgan fingerprint density at radius 3 is 2.43 bits per heavy atom. The molecule has 0 amide bonds. The van der Waals surface area contributed by atoms with Gasteiger partial charge in [0.1, 0.15) is 6.54 Å². The highest BCUT2D eigenvalue weighted by molar-refractivity contribution is 5.30. The van der Waals surface area contributed by atoms with Crippen LogP contribution in [0.5, 0.6) is 0 Å². The van der Waals surface area contributed by atoms with E-state index in [9.17, 15) is 0 Å². The van der Waals surface area contributed by atoms with Crippen molar-refractivity contribution in [2.24, 2.45) is 7.05 Å². The lowest BCUT2D eigenvalue weighted by molar-refractivity contribution is 0.579. The summed E-state index contributed by atoms with van der Waals surface area (Å²) in [5, 5.41) is 20.4. The van der Waals surface area contributed by atoms with Crippen molar-refractivity contribution in [3.63, 3.8) is 0 Å². The van der Waals surface area contributed by atoms with Crippen LogP contribution in [0.2, 0.25) is 0 Å². The first-order valence-corrected chi connectivity index (χ1v) is 7.65. The average molecular weight is 291 g/mol. The van der Waals surface area contributed by atoms with Gasteiger partial charge in [0.2, 0.25) is 0 Å². The Kier molecular flexibility index (Phi) is 5.06. The minimum absolute atomic E-state index is 0.309. The van der Waals surface area contributed by atoms with Gasteiger partial charge in [-0.3, -0.25) is 4.68 Å². The van der Waals surface area contributed by atoms with Crippen LogP contribution in [-0.2, 0) is 26.4 Å². The molecule has 0 saturated heterocycles. The van der Waals surface area contributed by atoms with Gasteiger partial charge in [-0.25, -0.2) is 0 Å². The molecule has 0 aliphatic carbocycles. The Bertz CT molecular complexity index is 584. The fourth-order valence-corrected chi connectivity index (χ4v) is 2.76. The van der Waals surface area contributed by atoms with E-state index in [0.29, 0.717) is 18.4 Å². The molecule has 0 aromatic carbocycles. The van der Waals surface area contributed by atoms with Gasteiger partial charge in [0, 0.05) is 17.3 Å². The number of tetrazole rings is 1. The quantitative estimate of drug-likeness (QED) is 0.831. The molecular weight excluding hydrogens is 266 g/mol. The van der Waals surface area contributed by atoms with Crippen molar-refractivity contribution in [2.45, 2.75) is 53.1 Å². The van der Waals surface area contributed by atoms with Gasteiger partial charge in [-0.2, -0.15) is 9.90 Å². The maximum Gasteiger partial charge on any atom is 0.196 e. The van der Waals surface area contributed by atoms with Crippen LogP contribution in [0.3, 0.4) is 0 Å². The summed E-state index contributed by atoms with van der Waals surface area (Å²) >= 11 is 0. The number of rotatable bonds is 7. The van der Waals surface area contributed by atoms with E-state index in [-0.39, 0.29) is 0 Å². The maximum absolute atomic E-state index is 4.77. The summed E-state index contributed by atoms with van der Waals surface area (Å²) in [5.74, 6) is 0.694. The zero-order valence-corrected chi connectivity index (χ0v) is 13.6. The normalized spacial score (nSPS) is 12.8. The third kappa shape index (κ3) is 3.29. The van der Waals surface area contributed by atoms with Crippen LogP contribution in [-0.4, -0.2) is 36.5 Å². The van der Waals surface area contributed by atoms with Crippen molar-refractivity contribution in [3.05, 3.63) is 22.8 Å². The summed E-state index contributed by atoms with van der Waals surface area (Å²) in [6.45, 7) is 10.2. The second-order valence-electron chi connectivity index (χ2n) is 5.15. The average Bonchev–Trinajstić information content (AvgIpc) is 3.02. The predicted molar refractivity (Wildman–Crippen MR) is 81.0 cm³/mol. The van der Waals surface area contributed by atoms with Crippen LogP contribution in [0.4, 0.5) is 0 Å². The second-order valence-corrected chi connectivity index (χ2v) is 5.15. The van der Waals surface area contributed by atoms with Gasteiger partial charge in [-0.15, -0.1) is 10.2 Å². The first kappa shape index (κ1) is 15.6. The van der Waals surface area contributed by atoms with Crippen LogP contribution in [0.1, 0.15) is 56.5 Å². The lowest BCUT2D eigenvalue weighted by Crippen LogP contribution is -2.20. The minimum atomic E-state index is 0.309. The molecule has 0 spiro atoms. The molecule has 0 radical (unpaired) electrons. The van der Waals surface area contributed by atoms with Crippen LogP contribution < -0.4 is 5.32 Å². The van der Waals surface area contributed by atoms with Crippen molar-refractivity contribution in [3.8, 4) is 0 Å². The Hall–Kier alpha value is -1.76. The highest BCUT2D eigenvalue weighted by Gasteiger charge is 2.20. The number of hydrogen-bond acceptors (Lipinski definition) is 5. The summed E-state index contributed by atoms with van der Waals surface area (Å²) < 4.78 is 2.03.